The second-order valence-electron chi connectivity index (χ2n) is 4.59. The minimum absolute atomic E-state index is 0.233. The lowest BCUT2D eigenvalue weighted by molar-refractivity contribution is -0.114. The van der Waals surface area contributed by atoms with Crippen molar-refractivity contribution in [2.75, 3.05) is 12.4 Å². The quantitative estimate of drug-likeness (QED) is 0.648. The molecule has 120 valence electrons. The Morgan fingerprint density at radius 2 is 2.00 bits per heavy atom. The molecule has 8 heteroatoms. The first kappa shape index (κ1) is 16.6. The number of benzene rings is 1. The first-order valence-corrected chi connectivity index (χ1v) is 7.53. The van der Waals surface area contributed by atoms with Crippen molar-refractivity contribution in [3.05, 3.63) is 40.4 Å². The Bertz CT molecular complexity index is 738. The molecule has 2 rings (SSSR count). The highest BCUT2D eigenvalue weighted by Crippen LogP contribution is 2.22. The maximum Gasteiger partial charge on any atom is 0.283 e. The summed E-state index contributed by atoms with van der Waals surface area (Å²) < 4.78 is 5.06. The number of carbonyl (C=O) groups is 2. The van der Waals surface area contributed by atoms with Gasteiger partial charge in [0.2, 0.25) is 5.91 Å². The van der Waals surface area contributed by atoms with E-state index in [0.29, 0.717) is 15.7 Å². The molecule has 7 nitrogen and oxygen atoms in total. The van der Waals surface area contributed by atoms with E-state index in [4.69, 9.17) is 4.74 Å². The summed E-state index contributed by atoms with van der Waals surface area (Å²) in [5, 5.41) is 6.85. The summed E-state index contributed by atoms with van der Waals surface area (Å²) in [6.07, 6.45) is 1.53. The minimum atomic E-state index is -0.374. The first-order valence-electron chi connectivity index (χ1n) is 6.72. The van der Waals surface area contributed by atoms with Crippen LogP contribution in [0.15, 0.2) is 29.4 Å². The van der Waals surface area contributed by atoms with Crippen molar-refractivity contribution in [3.8, 4) is 5.75 Å². The molecule has 0 bridgehead atoms. The Morgan fingerprint density at radius 1 is 1.30 bits per heavy atom. The van der Waals surface area contributed by atoms with E-state index in [0.717, 1.165) is 22.6 Å². The van der Waals surface area contributed by atoms with Crippen LogP contribution in [0.5, 0.6) is 5.75 Å². The van der Waals surface area contributed by atoms with Gasteiger partial charge >= 0.3 is 0 Å². The Balaban J connectivity index is 1.99. The summed E-state index contributed by atoms with van der Waals surface area (Å²) >= 11 is 1.10. The average molecular weight is 332 g/mol. The first-order chi connectivity index (χ1) is 11.0. The molecule has 0 unspecified atom stereocenters. The van der Waals surface area contributed by atoms with Crippen molar-refractivity contribution in [1.82, 2.24) is 10.4 Å². The number of hydrogen-bond acceptors (Lipinski definition) is 6. The summed E-state index contributed by atoms with van der Waals surface area (Å²) in [5.74, 6) is 0.140. The lowest BCUT2D eigenvalue weighted by atomic mass is 10.2. The maximum absolute atomic E-state index is 12.1. The molecule has 0 radical (unpaired) electrons. The number of nitrogens with zero attached hydrogens (tertiary/aromatic N) is 2. The van der Waals surface area contributed by atoms with Gasteiger partial charge in [-0.25, -0.2) is 10.4 Å². The number of thiazole rings is 1. The summed E-state index contributed by atoms with van der Waals surface area (Å²) in [6.45, 7) is 3.08. The largest absolute Gasteiger partial charge is 0.497 e. The molecular weight excluding hydrogens is 316 g/mol. The van der Waals surface area contributed by atoms with E-state index < -0.39 is 0 Å². The maximum atomic E-state index is 12.1. The van der Waals surface area contributed by atoms with Gasteiger partial charge in [0.15, 0.2) is 5.13 Å². The molecule has 0 atom stereocenters. The van der Waals surface area contributed by atoms with E-state index in [-0.39, 0.29) is 11.8 Å². The molecule has 0 saturated heterocycles. The molecule has 0 fully saturated rings. The molecule has 0 spiro atoms. The van der Waals surface area contributed by atoms with Gasteiger partial charge in [0.05, 0.1) is 19.0 Å². The zero-order valence-corrected chi connectivity index (χ0v) is 13.7. The Kier molecular flexibility index (Phi) is 5.42. The predicted octanol–water partition coefficient (Wildman–Crippen LogP) is 2.18. The van der Waals surface area contributed by atoms with Crippen LogP contribution in [-0.2, 0) is 4.79 Å². The fraction of sp³-hybridized carbons (Fsp3) is 0.200. The van der Waals surface area contributed by atoms with Crippen LogP contribution in [0.25, 0.3) is 0 Å². The van der Waals surface area contributed by atoms with E-state index in [1.807, 2.05) is 12.1 Å². The number of rotatable bonds is 5. The SMILES string of the molecule is COc1ccc(/C=N/NC(=O)c2sc(NC(C)=O)nc2C)cc1. The molecule has 1 aromatic heterocycles. The van der Waals surface area contributed by atoms with Crippen molar-refractivity contribution in [2.24, 2.45) is 5.10 Å². The van der Waals surface area contributed by atoms with Gasteiger partial charge in [-0.3, -0.25) is 9.59 Å². The van der Waals surface area contributed by atoms with Crippen molar-refractivity contribution < 1.29 is 14.3 Å². The second kappa shape index (κ2) is 7.50. The van der Waals surface area contributed by atoms with E-state index in [1.54, 1.807) is 26.2 Å². The van der Waals surface area contributed by atoms with Crippen LogP contribution in [0.4, 0.5) is 5.13 Å². The van der Waals surface area contributed by atoms with Gasteiger partial charge in [0, 0.05) is 6.92 Å². The summed E-state index contributed by atoms with van der Waals surface area (Å²) in [4.78, 5) is 27.6. The van der Waals surface area contributed by atoms with Gasteiger partial charge in [0.1, 0.15) is 10.6 Å². The van der Waals surface area contributed by atoms with Gasteiger partial charge < -0.3 is 10.1 Å². The van der Waals surface area contributed by atoms with Crippen LogP contribution in [0.1, 0.15) is 27.9 Å². The van der Waals surface area contributed by atoms with Crippen LogP contribution >= 0.6 is 11.3 Å². The van der Waals surface area contributed by atoms with E-state index in [2.05, 4.69) is 20.8 Å². The highest BCUT2D eigenvalue weighted by molar-refractivity contribution is 7.17. The van der Waals surface area contributed by atoms with Crippen LogP contribution in [-0.4, -0.2) is 30.1 Å². The third-order valence-electron chi connectivity index (χ3n) is 2.78. The molecule has 1 heterocycles. The molecule has 23 heavy (non-hydrogen) atoms. The van der Waals surface area contributed by atoms with Crippen LogP contribution in [0.3, 0.4) is 0 Å². The standard InChI is InChI=1S/C15H16N4O3S/c1-9-13(23-15(17-9)18-10(2)20)14(21)19-16-8-11-4-6-12(22-3)7-5-11/h4-8H,1-3H3,(H,19,21)(H,17,18,20)/b16-8+. The number of hydrogen-bond donors (Lipinski definition) is 2. The number of aryl methyl sites for hydroxylation is 1. The van der Waals surface area contributed by atoms with Crippen LogP contribution in [0.2, 0.25) is 0 Å². The van der Waals surface area contributed by atoms with E-state index in [9.17, 15) is 9.59 Å². The zero-order valence-electron chi connectivity index (χ0n) is 12.9. The highest BCUT2D eigenvalue weighted by Gasteiger charge is 2.15. The average Bonchev–Trinajstić information content (AvgIpc) is 2.87. The number of aromatic nitrogens is 1. The number of anilines is 1. The van der Waals surface area contributed by atoms with Gasteiger partial charge in [-0.15, -0.1) is 0 Å². The van der Waals surface area contributed by atoms with Crippen LogP contribution in [0, 0.1) is 6.92 Å². The smallest absolute Gasteiger partial charge is 0.283 e. The number of amides is 2. The fourth-order valence-corrected chi connectivity index (χ4v) is 2.62. The van der Waals surface area contributed by atoms with Crippen molar-refractivity contribution in [3.63, 3.8) is 0 Å². The van der Waals surface area contributed by atoms with Crippen LogP contribution < -0.4 is 15.5 Å². The Hall–Kier alpha value is -2.74. The molecule has 0 saturated carbocycles. The molecule has 2 N–H and O–H groups in total. The molecule has 0 aliphatic carbocycles. The predicted molar refractivity (Wildman–Crippen MR) is 89.2 cm³/mol. The van der Waals surface area contributed by atoms with E-state index >= 15 is 0 Å². The number of hydrazone groups is 1. The van der Waals surface area contributed by atoms with Gasteiger partial charge in [-0.05, 0) is 36.8 Å². The molecule has 0 aliphatic rings. The molecule has 0 aliphatic heterocycles. The third-order valence-corrected chi connectivity index (χ3v) is 3.85. The summed E-state index contributed by atoms with van der Waals surface area (Å²) in [5.41, 5.74) is 3.80. The van der Waals surface area contributed by atoms with E-state index in [1.165, 1.54) is 13.1 Å². The Labute approximate surface area is 137 Å². The summed E-state index contributed by atoms with van der Waals surface area (Å²) in [6, 6.07) is 7.25. The third kappa shape index (κ3) is 4.62. The monoisotopic (exact) mass is 332 g/mol. The van der Waals surface area contributed by atoms with Crippen molar-refractivity contribution >= 4 is 34.5 Å². The topological polar surface area (TPSA) is 92.7 Å². The van der Waals surface area contributed by atoms with Gasteiger partial charge in [-0.2, -0.15) is 5.10 Å². The number of nitrogens with one attached hydrogen (secondary N) is 2. The minimum Gasteiger partial charge on any atom is -0.497 e. The van der Waals surface area contributed by atoms with Gasteiger partial charge in [0.25, 0.3) is 5.91 Å². The lowest BCUT2D eigenvalue weighted by Crippen LogP contribution is -2.17. The molecule has 2 aromatic rings. The molecular formula is C15H16N4O3S. The van der Waals surface area contributed by atoms with Crippen molar-refractivity contribution in [2.45, 2.75) is 13.8 Å². The number of methoxy groups -OCH3 is 1. The highest BCUT2D eigenvalue weighted by atomic mass is 32.1. The normalized spacial score (nSPS) is 10.6. The molecule has 1 aromatic carbocycles. The van der Waals surface area contributed by atoms with Crippen molar-refractivity contribution in [1.29, 1.82) is 0 Å². The zero-order chi connectivity index (χ0) is 16.8. The lowest BCUT2D eigenvalue weighted by Gasteiger charge is -1.99. The Morgan fingerprint density at radius 3 is 2.61 bits per heavy atom. The fourth-order valence-electron chi connectivity index (χ4n) is 1.72. The molecule has 2 amide bonds. The number of carbonyl (C=O) groups excluding carboxylic acids is 2. The second-order valence-corrected chi connectivity index (χ2v) is 5.59. The summed E-state index contributed by atoms with van der Waals surface area (Å²) in [7, 11) is 1.59. The number of ether oxygens (including phenoxy) is 1. The van der Waals surface area contributed by atoms with Gasteiger partial charge in [-0.1, -0.05) is 11.3 Å².